The summed E-state index contributed by atoms with van der Waals surface area (Å²) in [5.74, 6) is 0.482. The number of hydrogen-bond acceptors (Lipinski definition) is 7. The van der Waals surface area contributed by atoms with Crippen molar-refractivity contribution in [1.82, 2.24) is 5.32 Å². The van der Waals surface area contributed by atoms with Crippen molar-refractivity contribution in [3.63, 3.8) is 0 Å². The number of methoxy groups -OCH3 is 1. The molecule has 0 aliphatic rings. The molecular weight excluding hydrogens is 326 g/mol. The Bertz CT molecular complexity index is 716. The average Bonchev–Trinajstić information content (AvgIpc) is 2.91. The number of carbonyl (C=O) groups excluding carboxylic acids is 1. The highest BCUT2D eigenvalue weighted by Gasteiger charge is 2.21. The molecule has 0 saturated heterocycles. The van der Waals surface area contributed by atoms with Crippen LogP contribution in [0.3, 0.4) is 0 Å². The molecule has 1 aromatic heterocycles. The van der Waals surface area contributed by atoms with Gasteiger partial charge >= 0.3 is 12.1 Å². The van der Waals surface area contributed by atoms with E-state index in [0.29, 0.717) is 28.9 Å². The van der Waals surface area contributed by atoms with Crippen molar-refractivity contribution >= 4 is 17.1 Å². The molecule has 138 valence electrons. The van der Waals surface area contributed by atoms with Gasteiger partial charge < -0.3 is 29.1 Å². The van der Waals surface area contributed by atoms with E-state index in [4.69, 9.17) is 13.9 Å². The zero-order valence-electron chi connectivity index (χ0n) is 15.0. The van der Waals surface area contributed by atoms with E-state index >= 15 is 0 Å². The number of nitrogens with one attached hydrogen (secondary N) is 1. The van der Waals surface area contributed by atoms with Crippen LogP contribution in [0.15, 0.2) is 22.6 Å². The van der Waals surface area contributed by atoms with Crippen LogP contribution in [0.4, 0.5) is 4.79 Å². The third-order valence-electron chi connectivity index (χ3n) is 3.47. The van der Waals surface area contributed by atoms with Crippen LogP contribution in [0, 0.1) is 0 Å². The summed E-state index contributed by atoms with van der Waals surface area (Å²) in [5, 5.41) is 13.6. The topological polar surface area (TPSA) is 90.2 Å². The number of fused-ring (bicyclic) bond motifs is 1. The maximum Gasteiger partial charge on any atom is 0.516 e. The van der Waals surface area contributed by atoms with Crippen LogP contribution in [-0.4, -0.2) is 37.1 Å². The summed E-state index contributed by atoms with van der Waals surface area (Å²) in [5.41, 5.74) is 0.881. The van der Waals surface area contributed by atoms with E-state index in [-0.39, 0.29) is 18.1 Å². The minimum atomic E-state index is -0.913. The van der Waals surface area contributed by atoms with Crippen molar-refractivity contribution in [3.8, 4) is 11.7 Å². The van der Waals surface area contributed by atoms with Gasteiger partial charge in [0.2, 0.25) is 0 Å². The maximum absolute atomic E-state index is 11.3. The molecule has 2 rings (SSSR count). The molecule has 7 nitrogen and oxygen atoms in total. The molecule has 7 heteroatoms. The molecule has 0 bridgehead atoms. The van der Waals surface area contributed by atoms with E-state index in [9.17, 15) is 9.90 Å². The Morgan fingerprint density at radius 3 is 2.72 bits per heavy atom. The fourth-order valence-electron chi connectivity index (χ4n) is 2.34. The van der Waals surface area contributed by atoms with E-state index in [1.54, 1.807) is 18.2 Å². The van der Waals surface area contributed by atoms with Crippen molar-refractivity contribution in [3.05, 3.63) is 23.8 Å². The van der Waals surface area contributed by atoms with Crippen molar-refractivity contribution in [2.75, 3.05) is 20.3 Å². The van der Waals surface area contributed by atoms with Crippen molar-refractivity contribution in [2.24, 2.45) is 0 Å². The molecule has 2 aromatic rings. The molecule has 0 radical (unpaired) electrons. The molecular formula is C18H25NO6. The molecule has 0 atom stereocenters. The number of hydrogen-bond donors (Lipinski definition) is 2. The first-order chi connectivity index (χ1) is 11.9. The molecule has 0 aliphatic heterocycles. The monoisotopic (exact) mass is 351 g/mol. The Morgan fingerprint density at radius 2 is 2.08 bits per heavy atom. The van der Waals surface area contributed by atoms with Crippen LogP contribution in [-0.2, 0) is 11.3 Å². The van der Waals surface area contributed by atoms with E-state index in [2.05, 4.69) is 30.8 Å². The summed E-state index contributed by atoms with van der Waals surface area (Å²) < 4.78 is 20.7. The van der Waals surface area contributed by atoms with Crippen molar-refractivity contribution < 1.29 is 28.5 Å². The molecule has 0 amide bonds. The second-order valence-electron chi connectivity index (χ2n) is 6.59. The van der Waals surface area contributed by atoms with E-state index in [1.165, 1.54) is 7.11 Å². The Balaban J connectivity index is 2.13. The number of carbonyl (C=O) groups is 1. The summed E-state index contributed by atoms with van der Waals surface area (Å²) in [4.78, 5) is 11.3. The van der Waals surface area contributed by atoms with Crippen LogP contribution in [0.1, 0.15) is 32.8 Å². The Kier molecular flexibility index (Phi) is 6.27. The Hall–Kier alpha value is -2.25. The lowest BCUT2D eigenvalue weighted by Gasteiger charge is -2.20. The highest BCUT2D eigenvalue weighted by molar-refractivity contribution is 5.90. The first-order valence-electron chi connectivity index (χ1n) is 8.14. The molecule has 1 heterocycles. The zero-order chi connectivity index (χ0) is 18.4. The Morgan fingerprint density at radius 1 is 1.32 bits per heavy atom. The van der Waals surface area contributed by atoms with E-state index in [1.807, 2.05) is 0 Å². The van der Waals surface area contributed by atoms with Gasteiger partial charge in [0.05, 0.1) is 31.3 Å². The number of benzene rings is 1. The van der Waals surface area contributed by atoms with Crippen LogP contribution in [0.25, 0.3) is 11.0 Å². The van der Waals surface area contributed by atoms with Gasteiger partial charge in [-0.15, -0.1) is 0 Å². The quantitative estimate of drug-likeness (QED) is 0.584. The summed E-state index contributed by atoms with van der Waals surface area (Å²) in [6, 6.07) is 5.28. The molecule has 0 saturated carbocycles. The van der Waals surface area contributed by atoms with Gasteiger partial charge in [-0.05, 0) is 45.9 Å². The molecule has 0 unspecified atom stereocenters. The number of furan rings is 1. The third kappa shape index (κ3) is 5.11. The number of rotatable bonds is 7. The van der Waals surface area contributed by atoms with Crippen LogP contribution in [0.5, 0.6) is 11.7 Å². The van der Waals surface area contributed by atoms with Crippen LogP contribution < -0.4 is 14.8 Å². The van der Waals surface area contributed by atoms with E-state index in [0.717, 1.165) is 13.0 Å². The first-order valence-corrected chi connectivity index (χ1v) is 8.14. The fraction of sp³-hybridized carbons (Fsp3) is 0.500. The number of ether oxygens (including phenoxy) is 3. The molecule has 0 fully saturated rings. The second kappa shape index (κ2) is 8.22. The average molecular weight is 351 g/mol. The standard InChI is InChI=1S/C18H25NO6/c1-18(2,3)19-9-6-10-23-13-7-5-8-14-15(13)12(11-20)16(24-14)25-17(21)22-4/h5,7-8,19-20H,6,9-11H2,1-4H3. The van der Waals surface area contributed by atoms with Gasteiger partial charge in [0.25, 0.3) is 0 Å². The normalized spacial score (nSPS) is 11.6. The van der Waals surface area contributed by atoms with Crippen LogP contribution in [0.2, 0.25) is 0 Å². The second-order valence-corrected chi connectivity index (χ2v) is 6.59. The smallest absolute Gasteiger partial charge is 0.493 e. The predicted molar refractivity (Wildman–Crippen MR) is 93.0 cm³/mol. The number of aliphatic hydroxyl groups is 1. The highest BCUT2D eigenvalue weighted by Crippen LogP contribution is 2.38. The fourth-order valence-corrected chi connectivity index (χ4v) is 2.34. The SMILES string of the molecule is COC(=O)Oc1oc2cccc(OCCCNC(C)(C)C)c2c1CO. The van der Waals surface area contributed by atoms with E-state index < -0.39 is 6.16 Å². The van der Waals surface area contributed by atoms with Crippen LogP contribution >= 0.6 is 0 Å². The number of aliphatic hydroxyl groups excluding tert-OH is 1. The summed E-state index contributed by atoms with van der Waals surface area (Å²) in [7, 11) is 1.20. The predicted octanol–water partition coefficient (Wildman–Crippen LogP) is 3.23. The van der Waals surface area contributed by atoms with Crippen molar-refractivity contribution in [1.29, 1.82) is 0 Å². The summed E-state index contributed by atoms with van der Waals surface area (Å²) in [6.45, 7) is 7.30. The lowest BCUT2D eigenvalue weighted by molar-refractivity contribution is 0.110. The summed E-state index contributed by atoms with van der Waals surface area (Å²) >= 11 is 0. The molecule has 0 spiro atoms. The maximum atomic E-state index is 11.3. The van der Waals surface area contributed by atoms with Gasteiger partial charge in [0, 0.05) is 5.54 Å². The third-order valence-corrected chi connectivity index (χ3v) is 3.47. The van der Waals surface area contributed by atoms with Gasteiger partial charge in [0.15, 0.2) is 0 Å². The molecule has 0 aliphatic carbocycles. The van der Waals surface area contributed by atoms with Gasteiger partial charge in [-0.3, -0.25) is 0 Å². The van der Waals surface area contributed by atoms with Gasteiger partial charge in [0.1, 0.15) is 11.3 Å². The van der Waals surface area contributed by atoms with Crippen molar-refractivity contribution in [2.45, 2.75) is 39.3 Å². The van der Waals surface area contributed by atoms with Gasteiger partial charge in [-0.1, -0.05) is 6.07 Å². The summed E-state index contributed by atoms with van der Waals surface area (Å²) in [6.07, 6.45) is -0.0876. The lowest BCUT2D eigenvalue weighted by atomic mass is 10.1. The van der Waals surface area contributed by atoms with Gasteiger partial charge in [-0.2, -0.15) is 0 Å². The van der Waals surface area contributed by atoms with Gasteiger partial charge in [-0.25, -0.2) is 4.79 Å². The highest BCUT2D eigenvalue weighted by atomic mass is 16.7. The minimum absolute atomic E-state index is 0.0642. The first kappa shape index (κ1) is 19.1. The minimum Gasteiger partial charge on any atom is -0.493 e. The zero-order valence-corrected chi connectivity index (χ0v) is 15.0. The molecule has 25 heavy (non-hydrogen) atoms. The molecule has 2 N–H and O–H groups in total. The molecule has 1 aromatic carbocycles. The Labute approximate surface area is 146 Å². The largest absolute Gasteiger partial charge is 0.516 e. The lowest BCUT2D eigenvalue weighted by Crippen LogP contribution is -2.36.